The first-order chi connectivity index (χ1) is 14.5. The second-order valence-electron chi connectivity index (χ2n) is 7.28. The molecule has 0 aliphatic carbocycles. The number of nitrogens with zero attached hydrogens (tertiary/aromatic N) is 2. The number of piperidine rings is 1. The Morgan fingerprint density at radius 3 is 2.80 bits per heavy atom. The van der Waals surface area contributed by atoms with Crippen LogP contribution in [-0.4, -0.2) is 54.5 Å². The van der Waals surface area contributed by atoms with E-state index in [-0.39, 0.29) is 30.7 Å². The molecule has 10 nitrogen and oxygen atoms in total. The molecule has 4 amide bonds. The van der Waals surface area contributed by atoms with Crippen LogP contribution in [0.15, 0.2) is 34.6 Å². The molecule has 1 unspecified atom stereocenters. The van der Waals surface area contributed by atoms with Crippen molar-refractivity contribution in [3.63, 3.8) is 0 Å². The van der Waals surface area contributed by atoms with Gasteiger partial charge in [0.25, 0.3) is 11.8 Å². The van der Waals surface area contributed by atoms with Crippen LogP contribution in [0.1, 0.15) is 35.2 Å². The number of ether oxygens (including phenoxy) is 1. The highest BCUT2D eigenvalue weighted by atomic mass is 16.5. The molecule has 3 heterocycles. The van der Waals surface area contributed by atoms with Gasteiger partial charge in [0.15, 0.2) is 0 Å². The molecule has 3 aliphatic rings. The lowest BCUT2D eigenvalue weighted by Crippen LogP contribution is -2.52. The van der Waals surface area contributed by atoms with Crippen molar-refractivity contribution in [2.45, 2.75) is 31.8 Å². The Morgan fingerprint density at radius 1 is 1.27 bits per heavy atom. The molecule has 3 aliphatic heterocycles. The Morgan fingerprint density at radius 2 is 2.10 bits per heavy atom. The number of amides is 4. The molecule has 4 rings (SSSR count). The van der Waals surface area contributed by atoms with Gasteiger partial charge in [-0.25, -0.2) is 0 Å². The van der Waals surface area contributed by atoms with Gasteiger partial charge < -0.3 is 15.0 Å². The zero-order valence-electron chi connectivity index (χ0n) is 16.2. The van der Waals surface area contributed by atoms with E-state index < -0.39 is 11.9 Å². The Kier molecular flexibility index (Phi) is 5.32. The van der Waals surface area contributed by atoms with E-state index in [1.165, 1.54) is 4.90 Å². The van der Waals surface area contributed by atoms with Crippen molar-refractivity contribution in [2.75, 3.05) is 18.5 Å². The molecule has 2 saturated heterocycles. The van der Waals surface area contributed by atoms with Gasteiger partial charge in [-0.05, 0) is 42.2 Å². The van der Waals surface area contributed by atoms with E-state index >= 15 is 0 Å². The SMILES string of the molecule is C=NN/C(C(=O)Nc1ccc2c(c1)CN(C1CCC(=O)NC1=O)C2=O)=C1\CCOC1. The Hall–Kier alpha value is -3.53. The van der Waals surface area contributed by atoms with E-state index in [1.54, 1.807) is 18.2 Å². The van der Waals surface area contributed by atoms with Crippen molar-refractivity contribution >= 4 is 36.0 Å². The maximum Gasteiger partial charge on any atom is 0.273 e. The first-order valence-corrected chi connectivity index (χ1v) is 9.58. The highest BCUT2D eigenvalue weighted by molar-refractivity contribution is 6.07. The predicted molar refractivity (Wildman–Crippen MR) is 106 cm³/mol. The number of carbonyl (C=O) groups is 4. The number of rotatable bonds is 5. The lowest BCUT2D eigenvalue weighted by molar-refractivity contribution is -0.136. The quantitative estimate of drug-likeness (QED) is 0.276. The highest BCUT2D eigenvalue weighted by Gasteiger charge is 2.39. The summed E-state index contributed by atoms with van der Waals surface area (Å²) in [5.41, 5.74) is 5.43. The summed E-state index contributed by atoms with van der Waals surface area (Å²) in [5.74, 6) is -1.43. The molecular formula is C20H21N5O5. The van der Waals surface area contributed by atoms with E-state index in [1.807, 2.05) is 0 Å². The van der Waals surface area contributed by atoms with Crippen LogP contribution in [0, 0.1) is 0 Å². The summed E-state index contributed by atoms with van der Waals surface area (Å²) in [4.78, 5) is 50.4. The molecular weight excluding hydrogens is 390 g/mol. The van der Waals surface area contributed by atoms with Gasteiger partial charge in [-0.3, -0.25) is 29.9 Å². The average molecular weight is 411 g/mol. The molecule has 1 atom stereocenters. The molecule has 3 N–H and O–H groups in total. The number of benzene rings is 1. The van der Waals surface area contributed by atoms with Gasteiger partial charge in [-0.15, -0.1) is 0 Å². The third kappa shape index (κ3) is 3.69. The standard InChI is InChI=1S/C20H21N5O5/c1-21-24-17(11-6-7-30-10-11)19(28)22-13-2-3-14-12(8-13)9-25(20(14)29)15-4-5-16(26)23-18(15)27/h2-3,8,15,24H,1,4-7,9-10H2,(H,22,28)(H,23,26,27)/b17-11+. The summed E-state index contributed by atoms with van der Waals surface area (Å²) in [7, 11) is 0. The molecule has 156 valence electrons. The van der Waals surface area contributed by atoms with Gasteiger partial charge in [0.05, 0.1) is 13.2 Å². The Labute approximate surface area is 172 Å². The zero-order valence-corrected chi connectivity index (χ0v) is 16.2. The number of anilines is 1. The van der Waals surface area contributed by atoms with Crippen LogP contribution in [0.2, 0.25) is 0 Å². The van der Waals surface area contributed by atoms with Crippen LogP contribution in [0.3, 0.4) is 0 Å². The van der Waals surface area contributed by atoms with E-state index in [0.29, 0.717) is 48.6 Å². The molecule has 0 bridgehead atoms. The number of hydrazone groups is 1. The van der Waals surface area contributed by atoms with Crippen LogP contribution < -0.4 is 16.1 Å². The first kappa shape index (κ1) is 19.8. The largest absolute Gasteiger partial charge is 0.377 e. The number of hydrogen-bond donors (Lipinski definition) is 3. The minimum Gasteiger partial charge on any atom is -0.377 e. The molecule has 0 aromatic heterocycles. The second-order valence-corrected chi connectivity index (χ2v) is 7.28. The summed E-state index contributed by atoms with van der Waals surface area (Å²) in [6.07, 6.45) is 1.13. The van der Waals surface area contributed by atoms with Crippen LogP contribution in [-0.2, 0) is 25.7 Å². The second kappa shape index (κ2) is 8.07. The summed E-state index contributed by atoms with van der Waals surface area (Å²) in [6, 6.07) is 4.30. The van der Waals surface area contributed by atoms with Crippen molar-refractivity contribution < 1.29 is 23.9 Å². The van der Waals surface area contributed by atoms with Crippen LogP contribution in [0.5, 0.6) is 0 Å². The van der Waals surface area contributed by atoms with E-state index in [9.17, 15) is 19.2 Å². The summed E-state index contributed by atoms with van der Waals surface area (Å²) < 4.78 is 5.31. The monoisotopic (exact) mass is 411 g/mol. The van der Waals surface area contributed by atoms with E-state index in [0.717, 1.165) is 5.57 Å². The van der Waals surface area contributed by atoms with Crippen molar-refractivity contribution in [3.05, 3.63) is 40.6 Å². The first-order valence-electron chi connectivity index (χ1n) is 9.58. The molecule has 0 saturated carbocycles. The minimum absolute atomic E-state index is 0.198. The number of imide groups is 1. The smallest absolute Gasteiger partial charge is 0.273 e. The molecule has 1 aromatic rings. The fourth-order valence-electron chi connectivity index (χ4n) is 3.88. The molecule has 2 fully saturated rings. The van der Waals surface area contributed by atoms with Crippen LogP contribution in [0.25, 0.3) is 0 Å². The van der Waals surface area contributed by atoms with Gasteiger partial charge >= 0.3 is 0 Å². The summed E-state index contributed by atoms with van der Waals surface area (Å²) in [5, 5.41) is 8.68. The maximum atomic E-state index is 12.7. The fraction of sp³-hybridized carbons (Fsp3) is 0.350. The van der Waals surface area contributed by atoms with Crippen molar-refractivity contribution in [3.8, 4) is 0 Å². The molecule has 0 spiro atoms. The topological polar surface area (TPSA) is 129 Å². The summed E-state index contributed by atoms with van der Waals surface area (Å²) in [6.45, 7) is 4.50. The summed E-state index contributed by atoms with van der Waals surface area (Å²) >= 11 is 0. The molecule has 10 heteroatoms. The van der Waals surface area contributed by atoms with Gasteiger partial charge in [0.1, 0.15) is 11.7 Å². The van der Waals surface area contributed by atoms with Crippen molar-refractivity contribution in [2.24, 2.45) is 5.10 Å². The number of fused-ring (bicyclic) bond motifs is 1. The van der Waals surface area contributed by atoms with Gasteiger partial charge in [-0.1, -0.05) is 0 Å². The zero-order chi connectivity index (χ0) is 21.3. The number of nitrogens with one attached hydrogen (secondary N) is 3. The van der Waals surface area contributed by atoms with Gasteiger partial charge in [0, 0.05) is 30.9 Å². The fourth-order valence-corrected chi connectivity index (χ4v) is 3.88. The van der Waals surface area contributed by atoms with E-state index in [2.05, 4.69) is 27.9 Å². The highest BCUT2D eigenvalue weighted by Crippen LogP contribution is 2.29. The van der Waals surface area contributed by atoms with Crippen LogP contribution in [0.4, 0.5) is 5.69 Å². The van der Waals surface area contributed by atoms with Crippen LogP contribution >= 0.6 is 0 Å². The predicted octanol–water partition coefficient (Wildman–Crippen LogP) is 0.266. The maximum absolute atomic E-state index is 12.7. The third-order valence-electron chi connectivity index (χ3n) is 5.38. The van der Waals surface area contributed by atoms with E-state index in [4.69, 9.17) is 4.74 Å². The Balaban J connectivity index is 1.51. The Bertz CT molecular complexity index is 978. The minimum atomic E-state index is -0.679. The molecule has 30 heavy (non-hydrogen) atoms. The van der Waals surface area contributed by atoms with Gasteiger partial charge in [0.2, 0.25) is 11.8 Å². The van der Waals surface area contributed by atoms with Gasteiger partial charge in [-0.2, -0.15) is 5.10 Å². The number of hydrogen-bond acceptors (Lipinski definition) is 7. The lowest BCUT2D eigenvalue weighted by Gasteiger charge is -2.29. The normalized spacial score (nSPS) is 22.5. The lowest BCUT2D eigenvalue weighted by atomic mass is 10.0. The molecule has 0 radical (unpaired) electrons. The average Bonchev–Trinajstić information content (AvgIpc) is 3.34. The number of carbonyl (C=O) groups excluding carboxylic acids is 4. The van der Waals surface area contributed by atoms with Crippen molar-refractivity contribution in [1.82, 2.24) is 15.6 Å². The third-order valence-corrected chi connectivity index (χ3v) is 5.38. The van der Waals surface area contributed by atoms with Crippen molar-refractivity contribution in [1.29, 1.82) is 0 Å². The molecule has 1 aromatic carbocycles.